The molecule has 1 aromatic carbocycles. The second-order valence-electron chi connectivity index (χ2n) is 6.43. The third-order valence-electron chi connectivity index (χ3n) is 4.63. The van der Waals surface area contributed by atoms with Crippen LogP contribution >= 0.6 is 0 Å². The zero-order valence-corrected chi connectivity index (χ0v) is 13.2. The standard InChI is InChI=1S/C18H20FNO4/c19-14-4-2-1-3-13(14)17(18(24)11-5-6-11)20-8-7-15(21)12(10-20)9-16(22)23/h1-4,9,11,15,17,21H,5-8,10H2,(H,22,23). The number of carbonyl (C=O) groups is 2. The van der Waals surface area contributed by atoms with Gasteiger partial charge < -0.3 is 10.2 Å². The van der Waals surface area contributed by atoms with Crippen molar-refractivity contribution >= 4 is 11.8 Å². The zero-order valence-electron chi connectivity index (χ0n) is 13.2. The first-order chi connectivity index (χ1) is 11.5. The van der Waals surface area contributed by atoms with Crippen molar-refractivity contribution in [3.05, 3.63) is 47.3 Å². The molecule has 2 atom stereocenters. The summed E-state index contributed by atoms with van der Waals surface area (Å²) in [5, 5.41) is 18.9. The normalized spacial score (nSPS) is 24.8. The summed E-state index contributed by atoms with van der Waals surface area (Å²) >= 11 is 0. The van der Waals surface area contributed by atoms with Gasteiger partial charge in [0.15, 0.2) is 5.78 Å². The lowest BCUT2D eigenvalue weighted by molar-refractivity contribution is -0.131. The molecular formula is C18H20FNO4. The number of aliphatic hydroxyl groups excluding tert-OH is 1. The molecule has 1 saturated heterocycles. The Morgan fingerprint density at radius 1 is 1.25 bits per heavy atom. The molecule has 0 amide bonds. The van der Waals surface area contributed by atoms with Gasteiger partial charge in [0.05, 0.1) is 12.1 Å². The van der Waals surface area contributed by atoms with Gasteiger partial charge in [-0.05, 0) is 30.9 Å². The molecule has 0 spiro atoms. The molecule has 24 heavy (non-hydrogen) atoms. The molecular weight excluding hydrogens is 313 g/mol. The number of rotatable bonds is 5. The third-order valence-corrected chi connectivity index (χ3v) is 4.63. The fourth-order valence-electron chi connectivity index (χ4n) is 3.23. The van der Waals surface area contributed by atoms with Gasteiger partial charge in [-0.2, -0.15) is 0 Å². The number of Topliss-reactive ketones (excluding diaryl/α,β-unsaturated/α-hetero) is 1. The van der Waals surface area contributed by atoms with Crippen LogP contribution in [0.3, 0.4) is 0 Å². The van der Waals surface area contributed by atoms with E-state index in [2.05, 4.69) is 0 Å². The Labute approximate surface area is 139 Å². The number of piperidine rings is 1. The molecule has 0 radical (unpaired) electrons. The van der Waals surface area contributed by atoms with Crippen molar-refractivity contribution in [2.75, 3.05) is 13.1 Å². The van der Waals surface area contributed by atoms with Crippen LogP contribution in [0.4, 0.5) is 4.39 Å². The molecule has 2 fully saturated rings. The van der Waals surface area contributed by atoms with Gasteiger partial charge in [0.1, 0.15) is 5.82 Å². The number of carbonyl (C=O) groups excluding carboxylic acids is 1. The van der Waals surface area contributed by atoms with Gasteiger partial charge in [-0.1, -0.05) is 18.2 Å². The lowest BCUT2D eigenvalue weighted by Crippen LogP contribution is -2.43. The molecule has 1 aliphatic carbocycles. The maximum absolute atomic E-state index is 14.3. The van der Waals surface area contributed by atoms with Crippen LogP contribution in [0.1, 0.15) is 30.9 Å². The minimum atomic E-state index is -1.14. The van der Waals surface area contributed by atoms with Crippen molar-refractivity contribution in [1.29, 1.82) is 0 Å². The van der Waals surface area contributed by atoms with Crippen molar-refractivity contribution in [1.82, 2.24) is 4.90 Å². The lowest BCUT2D eigenvalue weighted by atomic mass is 9.93. The number of aliphatic hydroxyl groups is 1. The Morgan fingerprint density at radius 3 is 2.58 bits per heavy atom. The van der Waals surface area contributed by atoms with Crippen molar-refractivity contribution in [2.45, 2.75) is 31.4 Å². The van der Waals surface area contributed by atoms with Crippen LogP contribution in [0.2, 0.25) is 0 Å². The van der Waals surface area contributed by atoms with E-state index >= 15 is 0 Å². The van der Waals surface area contributed by atoms with Crippen LogP contribution < -0.4 is 0 Å². The maximum Gasteiger partial charge on any atom is 0.328 e. The van der Waals surface area contributed by atoms with E-state index in [1.165, 1.54) is 6.07 Å². The van der Waals surface area contributed by atoms with Gasteiger partial charge in [0, 0.05) is 30.6 Å². The van der Waals surface area contributed by atoms with Gasteiger partial charge in [-0.25, -0.2) is 9.18 Å². The van der Waals surface area contributed by atoms with Crippen molar-refractivity contribution < 1.29 is 24.2 Å². The summed E-state index contributed by atoms with van der Waals surface area (Å²) < 4.78 is 14.3. The van der Waals surface area contributed by atoms with E-state index in [0.29, 0.717) is 24.1 Å². The number of ketones is 1. The molecule has 1 aromatic rings. The third kappa shape index (κ3) is 3.55. The molecule has 128 valence electrons. The fraction of sp³-hybridized carbons (Fsp3) is 0.444. The van der Waals surface area contributed by atoms with Crippen LogP contribution in [-0.2, 0) is 9.59 Å². The van der Waals surface area contributed by atoms with E-state index in [9.17, 15) is 19.1 Å². The second-order valence-corrected chi connectivity index (χ2v) is 6.43. The van der Waals surface area contributed by atoms with Gasteiger partial charge in [0.25, 0.3) is 0 Å². The Morgan fingerprint density at radius 2 is 1.96 bits per heavy atom. The predicted molar refractivity (Wildman–Crippen MR) is 84.8 cm³/mol. The van der Waals surface area contributed by atoms with Crippen LogP contribution in [0.5, 0.6) is 0 Å². The Balaban J connectivity index is 1.92. The molecule has 2 unspecified atom stereocenters. The molecule has 5 nitrogen and oxygen atoms in total. The maximum atomic E-state index is 14.3. The van der Waals surface area contributed by atoms with Gasteiger partial charge >= 0.3 is 5.97 Å². The van der Waals surface area contributed by atoms with Crippen molar-refractivity contribution in [3.63, 3.8) is 0 Å². The zero-order chi connectivity index (χ0) is 17.3. The largest absolute Gasteiger partial charge is 0.478 e. The summed E-state index contributed by atoms with van der Waals surface area (Å²) in [5.74, 6) is -1.65. The fourth-order valence-corrected chi connectivity index (χ4v) is 3.23. The number of carboxylic acid groups (broad SMARTS) is 1. The number of hydrogen-bond donors (Lipinski definition) is 2. The SMILES string of the molecule is O=C(O)C=C1CN(C(C(=O)C2CC2)c2ccccc2F)CCC1O. The molecule has 6 heteroatoms. The van der Waals surface area contributed by atoms with E-state index in [1.807, 2.05) is 0 Å². The molecule has 1 aliphatic heterocycles. The van der Waals surface area contributed by atoms with Gasteiger partial charge in [-0.15, -0.1) is 0 Å². The monoisotopic (exact) mass is 333 g/mol. The van der Waals surface area contributed by atoms with Crippen molar-refractivity contribution in [3.8, 4) is 0 Å². The predicted octanol–water partition coefficient (Wildman–Crippen LogP) is 1.92. The first-order valence-corrected chi connectivity index (χ1v) is 8.11. The summed E-state index contributed by atoms with van der Waals surface area (Å²) in [6, 6.07) is 5.47. The van der Waals surface area contributed by atoms with Gasteiger partial charge in [-0.3, -0.25) is 9.69 Å². The number of nitrogens with zero attached hydrogens (tertiary/aromatic N) is 1. The summed E-state index contributed by atoms with van der Waals surface area (Å²) in [5.41, 5.74) is 0.666. The Kier molecular flexibility index (Phi) is 4.78. The van der Waals surface area contributed by atoms with Crippen molar-refractivity contribution in [2.24, 2.45) is 5.92 Å². The van der Waals surface area contributed by atoms with Crippen LogP contribution in [0.15, 0.2) is 35.9 Å². The smallest absolute Gasteiger partial charge is 0.328 e. The summed E-state index contributed by atoms with van der Waals surface area (Å²) in [4.78, 5) is 25.5. The number of hydrogen-bond acceptors (Lipinski definition) is 4. The number of aliphatic carboxylic acids is 1. The molecule has 1 saturated carbocycles. The van der Waals surface area contributed by atoms with Crippen LogP contribution in [-0.4, -0.2) is 46.1 Å². The Hall–Kier alpha value is -2.05. The average Bonchev–Trinajstić information content (AvgIpc) is 3.36. The molecule has 1 heterocycles. The molecule has 2 aliphatic rings. The molecule has 0 bridgehead atoms. The first-order valence-electron chi connectivity index (χ1n) is 8.11. The van der Waals surface area contributed by atoms with E-state index in [1.54, 1.807) is 23.1 Å². The number of benzene rings is 1. The number of carboxylic acids is 1. The highest BCUT2D eigenvalue weighted by molar-refractivity contribution is 5.89. The highest BCUT2D eigenvalue weighted by atomic mass is 19.1. The quantitative estimate of drug-likeness (QED) is 0.805. The highest BCUT2D eigenvalue weighted by Gasteiger charge is 2.41. The number of likely N-dealkylation sites (tertiary alicyclic amines) is 1. The van der Waals surface area contributed by atoms with E-state index in [0.717, 1.165) is 18.9 Å². The summed E-state index contributed by atoms with van der Waals surface area (Å²) in [6.07, 6.45) is 2.10. The summed E-state index contributed by atoms with van der Waals surface area (Å²) in [7, 11) is 0. The minimum absolute atomic E-state index is 0.0221. The minimum Gasteiger partial charge on any atom is -0.478 e. The van der Waals surface area contributed by atoms with Gasteiger partial charge in [0.2, 0.25) is 0 Å². The molecule has 2 N–H and O–H groups in total. The van der Waals surface area contributed by atoms with Crippen LogP contribution in [0, 0.1) is 11.7 Å². The Bertz CT molecular complexity index is 683. The van der Waals surface area contributed by atoms with Crippen LogP contribution in [0.25, 0.3) is 0 Å². The average molecular weight is 333 g/mol. The molecule has 3 rings (SSSR count). The lowest BCUT2D eigenvalue weighted by Gasteiger charge is -2.37. The van der Waals surface area contributed by atoms with E-state index < -0.39 is 23.9 Å². The van der Waals surface area contributed by atoms with E-state index in [-0.39, 0.29) is 18.2 Å². The number of halogens is 1. The topological polar surface area (TPSA) is 77.8 Å². The first kappa shape index (κ1) is 16.8. The summed E-state index contributed by atoms with van der Waals surface area (Å²) in [6.45, 7) is 0.556. The molecule has 0 aromatic heterocycles. The van der Waals surface area contributed by atoms with E-state index in [4.69, 9.17) is 5.11 Å². The second kappa shape index (κ2) is 6.83. The highest BCUT2D eigenvalue weighted by Crippen LogP contribution is 2.39.